The highest BCUT2D eigenvalue weighted by Crippen LogP contribution is 2.47. The minimum Gasteiger partial charge on any atom is -0.457 e. The number of hydrogen-bond acceptors (Lipinski definition) is 5. The number of carbonyl (C=O) groups is 1. The van der Waals surface area contributed by atoms with E-state index in [-0.39, 0.29) is 30.8 Å². The van der Waals surface area contributed by atoms with Crippen LogP contribution in [0.4, 0.5) is 0 Å². The van der Waals surface area contributed by atoms with Crippen molar-refractivity contribution in [2.24, 2.45) is 17.8 Å². The average Bonchev–Trinajstić information content (AvgIpc) is 3.35. The van der Waals surface area contributed by atoms with E-state index in [2.05, 4.69) is 6.58 Å². The van der Waals surface area contributed by atoms with Gasteiger partial charge in [-0.3, -0.25) is 0 Å². The summed E-state index contributed by atoms with van der Waals surface area (Å²) in [6, 6.07) is 0. The molecule has 22 heavy (non-hydrogen) atoms. The molecule has 1 fully saturated rings. The van der Waals surface area contributed by atoms with Crippen LogP contribution < -0.4 is 0 Å². The van der Waals surface area contributed by atoms with Crippen molar-refractivity contribution in [3.63, 3.8) is 0 Å². The second kappa shape index (κ2) is 8.34. The number of esters is 1. The van der Waals surface area contributed by atoms with Crippen molar-refractivity contribution >= 4 is 5.97 Å². The Morgan fingerprint density at radius 3 is 2.91 bits per heavy atom. The van der Waals surface area contributed by atoms with E-state index in [1.54, 1.807) is 0 Å². The second-order valence-corrected chi connectivity index (χ2v) is 5.80. The molecule has 1 heterocycles. The zero-order valence-electron chi connectivity index (χ0n) is 13.2. The smallest absolute Gasteiger partial charge is 0.373 e. The molecule has 5 heteroatoms. The summed E-state index contributed by atoms with van der Waals surface area (Å²) in [5, 5.41) is 9.11. The molecule has 1 aliphatic carbocycles. The first-order chi connectivity index (χ1) is 10.7. The lowest BCUT2D eigenvalue weighted by molar-refractivity contribution is -0.181. The summed E-state index contributed by atoms with van der Waals surface area (Å²) < 4.78 is 16.5. The molecule has 0 bridgehead atoms. The van der Waals surface area contributed by atoms with Gasteiger partial charge in [0.05, 0.1) is 0 Å². The molecule has 0 spiro atoms. The minimum absolute atomic E-state index is 0.157. The van der Waals surface area contributed by atoms with Crippen molar-refractivity contribution in [2.75, 3.05) is 19.8 Å². The summed E-state index contributed by atoms with van der Waals surface area (Å²) >= 11 is 0. The van der Waals surface area contributed by atoms with Gasteiger partial charge in [-0.15, -0.1) is 0 Å². The standard InChI is InChI=1S/C17H26O5/c1-3-10-21-16(19)15-11-14(12-7-8-12)13(6-5-9-18)17(22-15)20-4-2/h3,11-14,17-18H,1,4-10H2,2H3/t13-,14+,17+/m0/s1. The summed E-state index contributed by atoms with van der Waals surface area (Å²) in [5.41, 5.74) is 0. The molecule has 0 aromatic heterocycles. The third-order valence-corrected chi connectivity index (χ3v) is 4.16. The highest BCUT2D eigenvalue weighted by Gasteiger charge is 2.44. The van der Waals surface area contributed by atoms with E-state index in [9.17, 15) is 4.79 Å². The Balaban J connectivity index is 2.14. The first-order valence-corrected chi connectivity index (χ1v) is 8.10. The normalized spacial score (nSPS) is 27.7. The van der Waals surface area contributed by atoms with Gasteiger partial charge in [-0.2, -0.15) is 0 Å². The predicted molar refractivity (Wildman–Crippen MR) is 81.8 cm³/mol. The van der Waals surface area contributed by atoms with Gasteiger partial charge >= 0.3 is 5.97 Å². The molecule has 0 aromatic carbocycles. The molecular formula is C17H26O5. The topological polar surface area (TPSA) is 65.0 Å². The number of aliphatic hydroxyl groups excluding tert-OH is 1. The molecule has 2 rings (SSSR count). The van der Waals surface area contributed by atoms with Crippen LogP contribution in [0.1, 0.15) is 32.6 Å². The van der Waals surface area contributed by atoms with Gasteiger partial charge in [-0.05, 0) is 50.5 Å². The molecular weight excluding hydrogens is 284 g/mol. The lowest BCUT2D eigenvalue weighted by Crippen LogP contribution is -2.38. The predicted octanol–water partition coefficient (Wildman–Crippen LogP) is 2.41. The first-order valence-electron chi connectivity index (χ1n) is 8.10. The fraction of sp³-hybridized carbons (Fsp3) is 0.706. The second-order valence-electron chi connectivity index (χ2n) is 5.80. The van der Waals surface area contributed by atoms with E-state index in [0.717, 1.165) is 6.42 Å². The summed E-state index contributed by atoms with van der Waals surface area (Å²) in [6.07, 6.45) is 6.87. The summed E-state index contributed by atoms with van der Waals surface area (Å²) in [5.74, 6) is 0.796. The number of carbonyl (C=O) groups excluding carboxylic acids is 1. The summed E-state index contributed by atoms with van der Waals surface area (Å²) in [4.78, 5) is 12.1. The van der Waals surface area contributed by atoms with Gasteiger partial charge in [-0.25, -0.2) is 4.79 Å². The van der Waals surface area contributed by atoms with Crippen molar-refractivity contribution in [2.45, 2.75) is 38.9 Å². The molecule has 1 N–H and O–H groups in total. The number of aliphatic hydroxyl groups is 1. The molecule has 124 valence electrons. The van der Waals surface area contributed by atoms with Crippen molar-refractivity contribution in [3.8, 4) is 0 Å². The number of hydrogen-bond donors (Lipinski definition) is 1. The average molecular weight is 310 g/mol. The van der Waals surface area contributed by atoms with E-state index < -0.39 is 12.3 Å². The number of allylic oxidation sites excluding steroid dienone is 1. The monoisotopic (exact) mass is 310 g/mol. The molecule has 1 aliphatic heterocycles. The van der Waals surface area contributed by atoms with Crippen LogP contribution in [0.5, 0.6) is 0 Å². The lowest BCUT2D eigenvalue weighted by Gasteiger charge is -2.36. The molecule has 2 aliphatic rings. The van der Waals surface area contributed by atoms with E-state index >= 15 is 0 Å². The Morgan fingerprint density at radius 2 is 2.32 bits per heavy atom. The van der Waals surface area contributed by atoms with Crippen molar-refractivity contribution in [1.82, 2.24) is 0 Å². The Bertz CT molecular complexity index is 413. The van der Waals surface area contributed by atoms with Gasteiger partial charge in [0, 0.05) is 19.1 Å². The van der Waals surface area contributed by atoms with Crippen molar-refractivity contribution in [3.05, 3.63) is 24.5 Å². The highest BCUT2D eigenvalue weighted by molar-refractivity contribution is 5.86. The van der Waals surface area contributed by atoms with Crippen molar-refractivity contribution < 1.29 is 24.1 Å². The zero-order valence-corrected chi connectivity index (χ0v) is 13.2. The Kier molecular flexibility index (Phi) is 6.46. The van der Waals surface area contributed by atoms with Gasteiger partial charge < -0.3 is 19.3 Å². The van der Waals surface area contributed by atoms with Crippen molar-refractivity contribution in [1.29, 1.82) is 0 Å². The summed E-state index contributed by atoms with van der Waals surface area (Å²) in [7, 11) is 0. The molecule has 0 unspecified atom stereocenters. The van der Waals surface area contributed by atoms with E-state index in [4.69, 9.17) is 19.3 Å². The Hall–Kier alpha value is -1.33. The van der Waals surface area contributed by atoms with E-state index in [1.807, 2.05) is 13.0 Å². The van der Waals surface area contributed by atoms with Crippen LogP contribution in [0.3, 0.4) is 0 Å². The summed E-state index contributed by atoms with van der Waals surface area (Å²) in [6.45, 7) is 6.29. The molecule has 3 atom stereocenters. The van der Waals surface area contributed by atoms with Gasteiger partial charge in [0.15, 0.2) is 0 Å². The fourth-order valence-electron chi connectivity index (χ4n) is 3.00. The van der Waals surface area contributed by atoms with Crippen LogP contribution in [0.2, 0.25) is 0 Å². The first kappa shape index (κ1) is 17.0. The molecule has 0 aromatic rings. The Morgan fingerprint density at radius 1 is 1.55 bits per heavy atom. The minimum atomic E-state index is -0.462. The van der Waals surface area contributed by atoms with Crippen LogP contribution in [0, 0.1) is 17.8 Å². The number of ether oxygens (including phenoxy) is 3. The van der Waals surface area contributed by atoms with Gasteiger partial charge in [0.2, 0.25) is 12.0 Å². The van der Waals surface area contributed by atoms with Gasteiger partial charge in [0.1, 0.15) is 6.61 Å². The zero-order chi connectivity index (χ0) is 15.9. The Labute approximate surface area is 131 Å². The SMILES string of the molecule is C=CCOC(=O)C1=C[C@H](C2CC2)[C@H](CCCO)[C@H](OCC)O1. The third kappa shape index (κ3) is 4.34. The molecule has 5 nitrogen and oxygen atoms in total. The highest BCUT2D eigenvalue weighted by atomic mass is 16.7. The van der Waals surface area contributed by atoms with Gasteiger partial charge in [-0.1, -0.05) is 12.7 Å². The number of rotatable bonds is 9. The lowest BCUT2D eigenvalue weighted by atomic mass is 9.82. The molecule has 0 saturated heterocycles. The van der Waals surface area contributed by atoms with Crippen LogP contribution in [0.25, 0.3) is 0 Å². The van der Waals surface area contributed by atoms with Crippen LogP contribution in [0.15, 0.2) is 24.5 Å². The maximum absolute atomic E-state index is 12.1. The van der Waals surface area contributed by atoms with E-state index in [0.29, 0.717) is 18.9 Å². The molecule has 0 amide bonds. The largest absolute Gasteiger partial charge is 0.457 e. The molecule has 0 radical (unpaired) electrons. The van der Waals surface area contributed by atoms with Gasteiger partial charge in [0.25, 0.3) is 0 Å². The molecule has 1 saturated carbocycles. The third-order valence-electron chi connectivity index (χ3n) is 4.16. The van der Waals surface area contributed by atoms with Crippen LogP contribution in [-0.2, 0) is 19.0 Å². The maximum Gasteiger partial charge on any atom is 0.373 e. The van der Waals surface area contributed by atoms with Crippen LogP contribution in [-0.4, -0.2) is 37.2 Å². The maximum atomic E-state index is 12.1. The van der Waals surface area contributed by atoms with Crippen LogP contribution >= 0.6 is 0 Å². The fourth-order valence-corrected chi connectivity index (χ4v) is 3.00. The van der Waals surface area contributed by atoms with E-state index in [1.165, 1.54) is 18.9 Å². The quantitative estimate of drug-likeness (QED) is 0.523.